The molecule has 1 heterocycles. The van der Waals surface area contributed by atoms with E-state index < -0.39 is 10.0 Å². The van der Waals surface area contributed by atoms with Gasteiger partial charge in [-0.1, -0.05) is 66.7 Å². The number of aromatic nitrogens is 3. The number of fused-ring (bicyclic) bond motifs is 1. The fourth-order valence-corrected chi connectivity index (χ4v) is 4.08. The molecule has 4 aromatic rings. The van der Waals surface area contributed by atoms with Gasteiger partial charge >= 0.3 is 0 Å². The highest BCUT2D eigenvalue weighted by Crippen LogP contribution is 2.24. The molecule has 4 rings (SSSR count). The summed E-state index contributed by atoms with van der Waals surface area (Å²) in [7, 11) is -3.80. The first kappa shape index (κ1) is 16.3. The summed E-state index contributed by atoms with van der Waals surface area (Å²) in [5.41, 5.74) is 1.03. The van der Waals surface area contributed by atoms with Crippen LogP contribution in [-0.4, -0.2) is 23.2 Å². The first-order chi connectivity index (χ1) is 12.6. The van der Waals surface area contributed by atoms with E-state index in [0.717, 1.165) is 10.9 Å². The molecule has 0 atom stereocenters. The van der Waals surface area contributed by atoms with Gasteiger partial charge in [-0.15, -0.1) is 10.2 Å². The number of rotatable bonds is 5. The van der Waals surface area contributed by atoms with Gasteiger partial charge in [-0.2, -0.15) is 0 Å². The number of hydrogen-bond donors (Lipinski definition) is 1. The summed E-state index contributed by atoms with van der Waals surface area (Å²) in [6, 6.07) is 22.3. The van der Waals surface area contributed by atoms with Crippen molar-refractivity contribution in [3.05, 3.63) is 84.7 Å². The molecule has 0 spiro atoms. The Morgan fingerprint density at radius 2 is 1.62 bits per heavy atom. The quantitative estimate of drug-likeness (QED) is 0.590. The third-order valence-corrected chi connectivity index (χ3v) is 5.46. The molecule has 0 radical (unpaired) electrons. The SMILES string of the molecule is O=S(=O)(Nc1nncn1Cc1ccccc1)c1cccc2ccccc12. The molecular weight excluding hydrogens is 348 g/mol. The topological polar surface area (TPSA) is 76.9 Å². The van der Waals surface area contributed by atoms with Crippen LogP contribution in [0.5, 0.6) is 0 Å². The van der Waals surface area contributed by atoms with Gasteiger partial charge in [-0.25, -0.2) is 13.1 Å². The molecule has 3 aromatic carbocycles. The van der Waals surface area contributed by atoms with Crippen molar-refractivity contribution >= 4 is 26.7 Å². The summed E-state index contributed by atoms with van der Waals surface area (Å²) < 4.78 is 30.1. The van der Waals surface area contributed by atoms with Crippen LogP contribution in [0.2, 0.25) is 0 Å². The lowest BCUT2D eigenvalue weighted by molar-refractivity contribution is 0.601. The smallest absolute Gasteiger partial charge is 0.264 e. The van der Waals surface area contributed by atoms with E-state index in [1.165, 1.54) is 6.33 Å². The van der Waals surface area contributed by atoms with Crippen LogP contribution in [0.1, 0.15) is 5.56 Å². The van der Waals surface area contributed by atoms with Crippen molar-refractivity contribution < 1.29 is 8.42 Å². The van der Waals surface area contributed by atoms with Gasteiger partial charge in [0.15, 0.2) is 0 Å². The number of benzene rings is 3. The zero-order valence-electron chi connectivity index (χ0n) is 13.8. The van der Waals surface area contributed by atoms with Crippen LogP contribution in [0.15, 0.2) is 84.0 Å². The van der Waals surface area contributed by atoms with E-state index in [-0.39, 0.29) is 10.8 Å². The number of nitrogens with one attached hydrogen (secondary N) is 1. The van der Waals surface area contributed by atoms with Crippen molar-refractivity contribution in [2.75, 3.05) is 4.72 Å². The second kappa shape index (κ2) is 6.61. The monoisotopic (exact) mass is 364 g/mol. The number of nitrogens with zero attached hydrogens (tertiary/aromatic N) is 3. The predicted octanol–water partition coefficient (Wildman–Crippen LogP) is 3.28. The summed E-state index contributed by atoms with van der Waals surface area (Å²) in [6.45, 7) is 0.473. The first-order valence-electron chi connectivity index (χ1n) is 8.06. The van der Waals surface area contributed by atoms with Crippen LogP contribution in [0.4, 0.5) is 5.95 Å². The first-order valence-corrected chi connectivity index (χ1v) is 9.54. The minimum absolute atomic E-state index is 0.182. The van der Waals surface area contributed by atoms with E-state index >= 15 is 0 Å². The van der Waals surface area contributed by atoms with Crippen LogP contribution in [0.3, 0.4) is 0 Å². The van der Waals surface area contributed by atoms with Crippen molar-refractivity contribution in [1.29, 1.82) is 0 Å². The van der Waals surface area contributed by atoms with Gasteiger partial charge in [0.1, 0.15) is 6.33 Å². The average molecular weight is 364 g/mol. The molecule has 0 aliphatic rings. The fraction of sp³-hybridized carbons (Fsp3) is 0.0526. The molecule has 0 aliphatic carbocycles. The van der Waals surface area contributed by atoms with Gasteiger partial charge in [0, 0.05) is 5.39 Å². The van der Waals surface area contributed by atoms with E-state index in [1.807, 2.05) is 54.6 Å². The summed E-state index contributed by atoms with van der Waals surface area (Å²) in [6.07, 6.45) is 1.51. The Balaban J connectivity index is 1.68. The van der Waals surface area contributed by atoms with E-state index in [1.54, 1.807) is 22.8 Å². The Hall–Kier alpha value is -3.19. The fourth-order valence-electron chi connectivity index (χ4n) is 2.84. The lowest BCUT2D eigenvalue weighted by Gasteiger charge is -2.11. The molecule has 26 heavy (non-hydrogen) atoms. The lowest BCUT2D eigenvalue weighted by atomic mass is 10.1. The molecule has 6 nitrogen and oxygen atoms in total. The maximum atomic E-state index is 12.9. The highest BCUT2D eigenvalue weighted by atomic mass is 32.2. The van der Waals surface area contributed by atoms with Crippen LogP contribution in [0.25, 0.3) is 10.8 Å². The maximum absolute atomic E-state index is 12.9. The second-order valence-corrected chi connectivity index (χ2v) is 7.50. The van der Waals surface area contributed by atoms with Crippen molar-refractivity contribution in [3.8, 4) is 0 Å². The van der Waals surface area contributed by atoms with E-state index in [4.69, 9.17) is 0 Å². The van der Waals surface area contributed by atoms with Gasteiger partial charge in [-0.05, 0) is 17.0 Å². The van der Waals surface area contributed by atoms with Crippen LogP contribution < -0.4 is 4.72 Å². The Morgan fingerprint density at radius 1 is 0.885 bits per heavy atom. The second-order valence-electron chi connectivity index (χ2n) is 5.85. The van der Waals surface area contributed by atoms with Crippen molar-refractivity contribution in [2.45, 2.75) is 11.4 Å². The highest BCUT2D eigenvalue weighted by molar-refractivity contribution is 7.93. The van der Waals surface area contributed by atoms with Crippen LogP contribution in [-0.2, 0) is 16.6 Å². The summed E-state index contributed by atoms with van der Waals surface area (Å²) in [4.78, 5) is 0.213. The van der Waals surface area contributed by atoms with Crippen molar-refractivity contribution in [2.24, 2.45) is 0 Å². The molecule has 7 heteroatoms. The van der Waals surface area contributed by atoms with Crippen LogP contribution >= 0.6 is 0 Å². The normalized spacial score (nSPS) is 11.5. The minimum Gasteiger partial charge on any atom is -0.295 e. The largest absolute Gasteiger partial charge is 0.295 e. The maximum Gasteiger partial charge on any atom is 0.264 e. The standard InChI is InChI=1S/C19H16N4O2S/c24-26(25,18-12-6-10-16-9-4-5-11-17(16)18)22-19-21-20-14-23(19)13-15-7-2-1-3-8-15/h1-12,14H,13H2,(H,21,22). The summed E-state index contributed by atoms with van der Waals surface area (Å²) >= 11 is 0. The molecular formula is C19H16N4O2S. The van der Waals surface area contributed by atoms with Crippen molar-refractivity contribution in [3.63, 3.8) is 0 Å². The molecule has 0 saturated carbocycles. The molecule has 0 aliphatic heterocycles. The van der Waals surface area contributed by atoms with E-state index in [2.05, 4.69) is 14.9 Å². The van der Waals surface area contributed by atoms with Crippen molar-refractivity contribution in [1.82, 2.24) is 14.8 Å². The van der Waals surface area contributed by atoms with Gasteiger partial charge in [0.25, 0.3) is 10.0 Å². The molecule has 130 valence electrons. The molecule has 0 fully saturated rings. The number of sulfonamides is 1. The zero-order valence-corrected chi connectivity index (χ0v) is 14.6. The third kappa shape index (κ3) is 3.16. The van der Waals surface area contributed by atoms with Gasteiger partial charge in [0.2, 0.25) is 5.95 Å². The van der Waals surface area contributed by atoms with Gasteiger partial charge in [-0.3, -0.25) is 4.57 Å². The molecule has 0 bridgehead atoms. The lowest BCUT2D eigenvalue weighted by Crippen LogP contribution is -2.17. The number of anilines is 1. The van der Waals surface area contributed by atoms with Crippen LogP contribution in [0, 0.1) is 0 Å². The molecule has 0 unspecified atom stereocenters. The van der Waals surface area contributed by atoms with Gasteiger partial charge < -0.3 is 0 Å². The van der Waals surface area contributed by atoms with E-state index in [0.29, 0.717) is 11.9 Å². The Labute approximate surface area is 151 Å². The average Bonchev–Trinajstić information content (AvgIpc) is 3.08. The molecule has 1 N–H and O–H groups in total. The molecule has 0 amide bonds. The summed E-state index contributed by atoms with van der Waals surface area (Å²) in [5, 5.41) is 9.30. The van der Waals surface area contributed by atoms with Gasteiger partial charge in [0.05, 0.1) is 11.4 Å². The zero-order chi connectivity index (χ0) is 18.0. The third-order valence-electron chi connectivity index (χ3n) is 4.08. The predicted molar refractivity (Wildman–Crippen MR) is 100 cm³/mol. The highest BCUT2D eigenvalue weighted by Gasteiger charge is 2.20. The Kier molecular flexibility index (Phi) is 4.14. The minimum atomic E-state index is -3.80. The molecule has 1 aromatic heterocycles. The summed E-state index contributed by atoms with van der Waals surface area (Å²) in [5.74, 6) is 0.182. The van der Waals surface area contributed by atoms with E-state index in [9.17, 15) is 8.42 Å². The Bertz CT molecular complexity index is 1150. The number of hydrogen-bond acceptors (Lipinski definition) is 4. The molecule has 0 saturated heterocycles. The Morgan fingerprint density at radius 3 is 2.46 bits per heavy atom.